The molecule has 1 aromatic carbocycles. The molecule has 0 N–H and O–H groups in total. The van der Waals surface area contributed by atoms with Crippen LogP contribution in [0, 0.1) is 16.0 Å². The summed E-state index contributed by atoms with van der Waals surface area (Å²) < 4.78 is 0. The minimum absolute atomic E-state index is 0.0595. The van der Waals surface area contributed by atoms with E-state index in [9.17, 15) is 14.9 Å². The fourth-order valence-electron chi connectivity index (χ4n) is 2.46. The van der Waals surface area contributed by atoms with Crippen LogP contribution in [0.15, 0.2) is 18.2 Å². The summed E-state index contributed by atoms with van der Waals surface area (Å²) in [7, 11) is 0. The predicted molar refractivity (Wildman–Crippen MR) is 66.5 cm³/mol. The van der Waals surface area contributed by atoms with Gasteiger partial charge < -0.3 is 4.90 Å². The first-order valence-corrected chi connectivity index (χ1v) is 6.25. The molecule has 2 aliphatic rings. The van der Waals surface area contributed by atoms with Gasteiger partial charge in [-0.05, 0) is 31.2 Å². The van der Waals surface area contributed by atoms with Crippen LogP contribution in [0.25, 0.3) is 0 Å². The Morgan fingerprint density at radius 2 is 2.17 bits per heavy atom. The zero-order chi connectivity index (χ0) is 12.7. The van der Waals surface area contributed by atoms with E-state index in [1.54, 1.807) is 11.0 Å². The van der Waals surface area contributed by atoms with Crippen LogP contribution in [0.3, 0.4) is 0 Å². The van der Waals surface area contributed by atoms with Gasteiger partial charge in [0.25, 0.3) is 5.69 Å². The molecular weight excluding hydrogens is 232 g/mol. The number of nitro benzene ring substituents is 1. The maximum Gasteiger partial charge on any atom is 0.271 e. The standard InChI is InChI=1S/C13H14N2O3/c16-13(10-3-4-10)14-7-1-2-9-5-6-11(15(17)18)8-12(9)14/h5-6,8,10H,1-4,7H2. The number of aryl methyl sites for hydroxylation is 1. The summed E-state index contributed by atoms with van der Waals surface area (Å²) in [5.41, 5.74) is 1.84. The monoisotopic (exact) mass is 246 g/mol. The summed E-state index contributed by atoms with van der Waals surface area (Å²) in [6.45, 7) is 0.684. The topological polar surface area (TPSA) is 63.5 Å². The summed E-state index contributed by atoms with van der Waals surface area (Å²) in [5, 5.41) is 10.8. The average Bonchev–Trinajstić information content (AvgIpc) is 3.20. The predicted octanol–water partition coefficient (Wildman–Crippen LogP) is 2.28. The van der Waals surface area contributed by atoms with Gasteiger partial charge in [0.1, 0.15) is 0 Å². The Hall–Kier alpha value is -1.91. The van der Waals surface area contributed by atoms with Crippen molar-refractivity contribution >= 4 is 17.3 Å². The highest BCUT2D eigenvalue weighted by Crippen LogP contribution is 2.37. The number of nitro groups is 1. The van der Waals surface area contributed by atoms with Gasteiger partial charge in [-0.25, -0.2) is 0 Å². The van der Waals surface area contributed by atoms with Crippen LogP contribution in [-0.2, 0) is 11.2 Å². The first-order valence-electron chi connectivity index (χ1n) is 6.25. The highest BCUT2D eigenvalue weighted by molar-refractivity contribution is 5.97. The van der Waals surface area contributed by atoms with E-state index in [2.05, 4.69) is 0 Å². The number of carbonyl (C=O) groups excluding carboxylic acids is 1. The van der Waals surface area contributed by atoms with Crippen molar-refractivity contribution in [1.82, 2.24) is 0 Å². The number of benzene rings is 1. The summed E-state index contributed by atoms with van der Waals surface area (Å²) in [4.78, 5) is 24.3. The fourth-order valence-corrected chi connectivity index (χ4v) is 2.46. The van der Waals surface area contributed by atoms with E-state index in [0.717, 1.165) is 36.9 Å². The summed E-state index contributed by atoms with van der Waals surface area (Å²) >= 11 is 0. The molecule has 1 aromatic rings. The summed E-state index contributed by atoms with van der Waals surface area (Å²) in [5.74, 6) is 0.284. The minimum atomic E-state index is -0.408. The van der Waals surface area contributed by atoms with Crippen LogP contribution < -0.4 is 4.90 Å². The maximum absolute atomic E-state index is 12.2. The number of carbonyl (C=O) groups is 1. The van der Waals surface area contributed by atoms with E-state index in [0.29, 0.717) is 6.54 Å². The molecule has 1 amide bonds. The van der Waals surface area contributed by atoms with Gasteiger partial charge in [-0.1, -0.05) is 6.07 Å². The van der Waals surface area contributed by atoms with Crippen molar-refractivity contribution in [2.24, 2.45) is 5.92 Å². The quantitative estimate of drug-likeness (QED) is 0.594. The molecule has 1 aliphatic heterocycles. The number of hydrogen-bond donors (Lipinski definition) is 0. The zero-order valence-electron chi connectivity index (χ0n) is 9.96. The number of amides is 1. The van der Waals surface area contributed by atoms with Crippen LogP contribution in [0.1, 0.15) is 24.8 Å². The van der Waals surface area contributed by atoms with Crippen LogP contribution in [0.2, 0.25) is 0 Å². The van der Waals surface area contributed by atoms with Crippen LogP contribution in [0.5, 0.6) is 0 Å². The molecule has 5 nitrogen and oxygen atoms in total. The third-order valence-electron chi connectivity index (χ3n) is 3.59. The van der Waals surface area contributed by atoms with Gasteiger partial charge in [-0.3, -0.25) is 14.9 Å². The van der Waals surface area contributed by atoms with Gasteiger partial charge in [0, 0.05) is 24.6 Å². The lowest BCUT2D eigenvalue weighted by atomic mass is 10.0. The molecule has 0 saturated heterocycles. The van der Waals surface area contributed by atoms with Crippen molar-refractivity contribution in [3.05, 3.63) is 33.9 Å². The minimum Gasteiger partial charge on any atom is -0.312 e. The van der Waals surface area contributed by atoms with E-state index in [1.165, 1.54) is 12.1 Å². The smallest absolute Gasteiger partial charge is 0.271 e. The first kappa shape index (κ1) is 11.2. The zero-order valence-corrected chi connectivity index (χ0v) is 9.96. The van der Waals surface area contributed by atoms with Crippen molar-refractivity contribution in [3.63, 3.8) is 0 Å². The number of fused-ring (bicyclic) bond motifs is 1. The molecule has 1 heterocycles. The average molecular weight is 246 g/mol. The van der Waals surface area contributed by atoms with Crippen molar-refractivity contribution < 1.29 is 9.72 Å². The normalized spacial score (nSPS) is 18.3. The van der Waals surface area contributed by atoms with E-state index in [1.807, 2.05) is 0 Å². The molecule has 18 heavy (non-hydrogen) atoms. The van der Waals surface area contributed by atoms with Crippen molar-refractivity contribution in [2.75, 3.05) is 11.4 Å². The molecule has 1 aliphatic carbocycles. The SMILES string of the molecule is O=C(C1CC1)N1CCCc2ccc([N+](=O)[O-])cc21. The number of hydrogen-bond acceptors (Lipinski definition) is 3. The van der Waals surface area contributed by atoms with E-state index in [-0.39, 0.29) is 17.5 Å². The maximum atomic E-state index is 12.2. The van der Waals surface area contributed by atoms with E-state index < -0.39 is 4.92 Å². The Morgan fingerprint density at radius 3 is 2.83 bits per heavy atom. The lowest BCUT2D eigenvalue weighted by Gasteiger charge is -2.29. The van der Waals surface area contributed by atoms with Crippen LogP contribution in [0.4, 0.5) is 11.4 Å². The van der Waals surface area contributed by atoms with Crippen LogP contribution >= 0.6 is 0 Å². The Labute approximate surface area is 105 Å². The number of rotatable bonds is 2. The van der Waals surface area contributed by atoms with Gasteiger partial charge in [0.15, 0.2) is 0 Å². The molecule has 0 aromatic heterocycles. The van der Waals surface area contributed by atoms with Gasteiger partial charge in [0.05, 0.1) is 10.6 Å². The van der Waals surface area contributed by atoms with E-state index >= 15 is 0 Å². The summed E-state index contributed by atoms with van der Waals surface area (Å²) in [6, 6.07) is 4.83. The number of non-ortho nitro benzene ring substituents is 1. The highest BCUT2D eigenvalue weighted by atomic mass is 16.6. The highest BCUT2D eigenvalue weighted by Gasteiger charge is 2.35. The molecule has 5 heteroatoms. The van der Waals surface area contributed by atoms with Gasteiger partial charge in [-0.15, -0.1) is 0 Å². The second kappa shape index (κ2) is 4.08. The molecule has 0 bridgehead atoms. The second-order valence-electron chi connectivity index (χ2n) is 4.94. The second-order valence-corrected chi connectivity index (χ2v) is 4.94. The lowest BCUT2D eigenvalue weighted by molar-refractivity contribution is -0.384. The summed E-state index contributed by atoms with van der Waals surface area (Å²) in [6.07, 6.45) is 3.74. The largest absolute Gasteiger partial charge is 0.312 e. The van der Waals surface area contributed by atoms with Gasteiger partial charge in [-0.2, -0.15) is 0 Å². The molecule has 94 valence electrons. The molecule has 0 atom stereocenters. The molecule has 1 fully saturated rings. The molecule has 0 radical (unpaired) electrons. The molecule has 0 spiro atoms. The molecular formula is C13H14N2O3. The van der Waals surface area contributed by atoms with Gasteiger partial charge >= 0.3 is 0 Å². The van der Waals surface area contributed by atoms with Crippen molar-refractivity contribution in [1.29, 1.82) is 0 Å². The van der Waals surface area contributed by atoms with Crippen molar-refractivity contribution in [2.45, 2.75) is 25.7 Å². The van der Waals surface area contributed by atoms with Crippen LogP contribution in [-0.4, -0.2) is 17.4 Å². The third kappa shape index (κ3) is 1.85. The Bertz CT molecular complexity index is 523. The molecule has 3 rings (SSSR count). The Morgan fingerprint density at radius 1 is 1.39 bits per heavy atom. The molecule has 1 saturated carbocycles. The van der Waals surface area contributed by atoms with Gasteiger partial charge in [0.2, 0.25) is 5.91 Å². The Kier molecular flexibility index (Phi) is 2.54. The Balaban J connectivity index is 1.99. The van der Waals surface area contributed by atoms with Crippen molar-refractivity contribution in [3.8, 4) is 0 Å². The lowest BCUT2D eigenvalue weighted by Crippen LogP contribution is -2.36. The van der Waals surface area contributed by atoms with E-state index in [4.69, 9.17) is 0 Å². The fraction of sp³-hybridized carbons (Fsp3) is 0.462. The first-order chi connectivity index (χ1) is 8.66. The third-order valence-corrected chi connectivity index (χ3v) is 3.59. The molecule has 0 unspecified atom stereocenters. The number of nitrogens with zero attached hydrogens (tertiary/aromatic N) is 2. The number of anilines is 1.